The van der Waals surface area contributed by atoms with E-state index in [-0.39, 0.29) is 16.9 Å². The van der Waals surface area contributed by atoms with Crippen LogP contribution in [-0.4, -0.2) is 55.4 Å². The summed E-state index contributed by atoms with van der Waals surface area (Å²) in [6.45, 7) is 0.924. The lowest BCUT2D eigenvalue weighted by atomic mass is 9.93. The van der Waals surface area contributed by atoms with Crippen molar-refractivity contribution < 1.29 is 8.42 Å². The maximum Gasteiger partial charge on any atom is 0.243 e. The van der Waals surface area contributed by atoms with Crippen LogP contribution >= 0.6 is 11.6 Å². The van der Waals surface area contributed by atoms with Crippen LogP contribution in [0.5, 0.6) is 0 Å². The summed E-state index contributed by atoms with van der Waals surface area (Å²) >= 11 is 5.93. The van der Waals surface area contributed by atoms with E-state index in [1.54, 1.807) is 28.6 Å². The molecule has 0 saturated carbocycles. The van der Waals surface area contributed by atoms with Gasteiger partial charge in [-0.1, -0.05) is 29.8 Å². The summed E-state index contributed by atoms with van der Waals surface area (Å²) in [6, 6.07) is 14.8. The minimum atomic E-state index is -3.57. The number of aromatic nitrogens is 1. The van der Waals surface area contributed by atoms with Gasteiger partial charge in [-0.05, 0) is 50.0 Å². The fourth-order valence-corrected chi connectivity index (χ4v) is 5.81. The molecule has 1 saturated heterocycles. The molecule has 1 aliphatic rings. The number of hydrogen-bond acceptors (Lipinski definition) is 3. The van der Waals surface area contributed by atoms with E-state index in [0.29, 0.717) is 18.1 Å². The van der Waals surface area contributed by atoms with Gasteiger partial charge in [0.15, 0.2) is 0 Å². The molecule has 2 atom stereocenters. The van der Waals surface area contributed by atoms with Crippen LogP contribution in [0.3, 0.4) is 0 Å². The normalized spacial score (nSPS) is 21.0. The van der Waals surface area contributed by atoms with Crippen molar-refractivity contribution in [2.45, 2.75) is 16.9 Å². The molecule has 0 amide bonds. The summed E-state index contributed by atoms with van der Waals surface area (Å²) in [5, 5.41) is 1.72. The van der Waals surface area contributed by atoms with Gasteiger partial charge < -0.3 is 9.47 Å². The van der Waals surface area contributed by atoms with E-state index in [4.69, 9.17) is 11.6 Å². The standard InChI is InChI=1S/C21H24ClN3O2S/c1-23(2)21-14-25(28(26,27)16-10-8-15(22)9-11-16)13-19(21)18-12-24(3)20-7-5-4-6-17(18)20/h4-12,19,21H,13-14H2,1-3H3/t19-,21+/m0/s1. The smallest absolute Gasteiger partial charge is 0.243 e. The Hall–Kier alpha value is -1.86. The first-order valence-electron chi connectivity index (χ1n) is 9.25. The summed E-state index contributed by atoms with van der Waals surface area (Å²) in [5.74, 6) is 0.100. The lowest BCUT2D eigenvalue weighted by Crippen LogP contribution is -2.35. The molecule has 1 aliphatic heterocycles. The Morgan fingerprint density at radius 1 is 1.04 bits per heavy atom. The number of likely N-dealkylation sites (N-methyl/N-ethyl adjacent to an activating group) is 1. The molecule has 1 fully saturated rings. The van der Waals surface area contributed by atoms with Crippen molar-refractivity contribution in [3.8, 4) is 0 Å². The monoisotopic (exact) mass is 417 g/mol. The Bertz CT molecular complexity index is 1110. The fraction of sp³-hybridized carbons (Fsp3) is 0.333. The Labute approximate surface area is 171 Å². The van der Waals surface area contributed by atoms with E-state index in [2.05, 4.69) is 27.8 Å². The second-order valence-corrected chi connectivity index (χ2v) is 10.0. The molecule has 148 valence electrons. The van der Waals surface area contributed by atoms with E-state index < -0.39 is 10.0 Å². The van der Waals surface area contributed by atoms with Gasteiger partial charge in [-0.15, -0.1) is 0 Å². The number of nitrogens with zero attached hydrogens (tertiary/aromatic N) is 3. The summed E-state index contributed by atoms with van der Waals surface area (Å²) in [5.41, 5.74) is 2.36. The fourth-order valence-electron chi connectivity index (χ4n) is 4.20. The molecular formula is C21H24ClN3O2S. The van der Waals surface area contributed by atoms with Gasteiger partial charge in [-0.2, -0.15) is 4.31 Å². The van der Waals surface area contributed by atoms with E-state index in [9.17, 15) is 8.42 Å². The molecule has 0 aliphatic carbocycles. The average Bonchev–Trinajstić information content (AvgIpc) is 3.25. The van der Waals surface area contributed by atoms with E-state index in [1.165, 1.54) is 10.9 Å². The zero-order valence-electron chi connectivity index (χ0n) is 16.2. The second-order valence-electron chi connectivity index (χ2n) is 7.63. The Morgan fingerprint density at radius 2 is 1.71 bits per heavy atom. The number of fused-ring (bicyclic) bond motifs is 1. The summed E-state index contributed by atoms with van der Waals surface area (Å²) in [4.78, 5) is 2.41. The molecule has 5 nitrogen and oxygen atoms in total. The third kappa shape index (κ3) is 3.24. The van der Waals surface area contributed by atoms with Crippen LogP contribution < -0.4 is 0 Å². The maximum atomic E-state index is 13.2. The van der Waals surface area contributed by atoms with E-state index in [1.807, 2.05) is 33.3 Å². The predicted molar refractivity (Wildman–Crippen MR) is 113 cm³/mol. The van der Waals surface area contributed by atoms with Crippen molar-refractivity contribution in [2.24, 2.45) is 7.05 Å². The lowest BCUT2D eigenvalue weighted by Gasteiger charge is -2.25. The molecule has 2 aromatic carbocycles. The van der Waals surface area contributed by atoms with E-state index in [0.717, 1.165) is 5.52 Å². The van der Waals surface area contributed by atoms with Crippen LogP contribution in [0.15, 0.2) is 59.6 Å². The maximum absolute atomic E-state index is 13.2. The van der Waals surface area contributed by atoms with Gasteiger partial charge in [0.1, 0.15) is 0 Å². The molecule has 0 unspecified atom stereocenters. The summed E-state index contributed by atoms with van der Waals surface area (Å²) < 4.78 is 30.2. The molecule has 0 bridgehead atoms. The van der Waals surface area contributed by atoms with Crippen molar-refractivity contribution in [3.63, 3.8) is 0 Å². The highest BCUT2D eigenvalue weighted by Crippen LogP contribution is 2.37. The third-order valence-electron chi connectivity index (χ3n) is 5.70. The van der Waals surface area contributed by atoms with Crippen LogP contribution in [0, 0.1) is 0 Å². The number of para-hydroxylation sites is 1. The molecule has 0 N–H and O–H groups in total. The first-order chi connectivity index (χ1) is 13.3. The summed E-state index contributed by atoms with van der Waals surface area (Å²) in [6.07, 6.45) is 2.14. The molecule has 2 heterocycles. The molecule has 1 aromatic heterocycles. The number of benzene rings is 2. The lowest BCUT2D eigenvalue weighted by molar-refractivity contribution is 0.285. The van der Waals surface area contributed by atoms with Gasteiger partial charge in [0.05, 0.1) is 4.90 Å². The second kappa shape index (κ2) is 7.19. The van der Waals surface area contributed by atoms with Gasteiger partial charge in [-0.25, -0.2) is 8.42 Å². The third-order valence-corrected chi connectivity index (χ3v) is 7.80. The zero-order chi connectivity index (χ0) is 20.1. The predicted octanol–water partition coefficient (Wildman–Crippen LogP) is 3.55. The molecule has 7 heteroatoms. The highest BCUT2D eigenvalue weighted by Gasteiger charge is 2.42. The van der Waals surface area contributed by atoms with Crippen LogP contribution in [-0.2, 0) is 17.1 Å². The first kappa shape index (κ1) is 19.5. The number of sulfonamides is 1. The average molecular weight is 418 g/mol. The number of halogens is 1. The van der Waals surface area contributed by atoms with Gasteiger partial charge in [0, 0.05) is 54.2 Å². The molecule has 0 spiro atoms. The Balaban J connectivity index is 1.74. The Morgan fingerprint density at radius 3 is 2.39 bits per heavy atom. The first-order valence-corrected chi connectivity index (χ1v) is 11.1. The summed E-state index contributed by atoms with van der Waals surface area (Å²) in [7, 11) is 2.50. The largest absolute Gasteiger partial charge is 0.350 e. The molecule has 0 radical (unpaired) electrons. The highest BCUT2D eigenvalue weighted by molar-refractivity contribution is 7.89. The van der Waals surface area contributed by atoms with Crippen molar-refractivity contribution in [2.75, 3.05) is 27.2 Å². The van der Waals surface area contributed by atoms with Crippen LogP contribution in [0.1, 0.15) is 11.5 Å². The zero-order valence-corrected chi connectivity index (χ0v) is 17.8. The highest BCUT2D eigenvalue weighted by atomic mass is 35.5. The number of aryl methyl sites for hydroxylation is 1. The van der Waals surface area contributed by atoms with Crippen molar-refractivity contribution in [1.82, 2.24) is 13.8 Å². The molecular weight excluding hydrogens is 394 g/mol. The van der Waals surface area contributed by atoms with Crippen molar-refractivity contribution in [3.05, 3.63) is 65.3 Å². The molecule has 3 aromatic rings. The van der Waals surface area contributed by atoms with Gasteiger partial charge in [0.2, 0.25) is 10.0 Å². The van der Waals surface area contributed by atoms with Crippen LogP contribution in [0.2, 0.25) is 5.02 Å². The van der Waals surface area contributed by atoms with Crippen molar-refractivity contribution >= 4 is 32.5 Å². The topological polar surface area (TPSA) is 45.6 Å². The van der Waals surface area contributed by atoms with Crippen LogP contribution in [0.25, 0.3) is 10.9 Å². The number of hydrogen-bond donors (Lipinski definition) is 0. The van der Waals surface area contributed by atoms with Crippen LogP contribution in [0.4, 0.5) is 0 Å². The van der Waals surface area contributed by atoms with Gasteiger partial charge >= 0.3 is 0 Å². The number of rotatable bonds is 4. The quantitative estimate of drug-likeness (QED) is 0.652. The SMILES string of the molecule is CN(C)[C@@H]1CN(S(=O)(=O)c2ccc(Cl)cc2)C[C@H]1c1cn(C)c2ccccc12. The Kier molecular flexibility index (Phi) is 5.00. The van der Waals surface area contributed by atoms with Gasteiger partial charge in [0.25, 0.3) is 0 Å². The minimum absolute atomic E-state index is 0.100. The van der Waals surface area contributed by atoms with E-state index >= 15 is 0 Å². The van der Waals surface area contributed by atoms with Gasteiger partial charge in [-0.3, -0.25) is 0 Å². The minimum Gasteiger partial charge on any atom is -0.350 e. The van der Waals surface area contributed by atoms with Crippen molar-refractivity contribution in [1.29, 1.82) is 0 Å². The molecule has 4 rings (SSSR count). The molecule has 28 heavy (non-hydrogen) atoms.